The molecule has 0 heterocycles. The van der Waals surface area contributed by atoms with Gasteiger partial charge >= 0.3 is 0 Å². The molecule has 0 radical (unpaired) electrons. The van der Waals surface area contributed by atoms with Gasteiger partial charge in [0.15, 0.2) is 11.6 Å². The molecular formula is C14H9BrCl2F2. The number of hydrogen-bond acceptors (Lipinski definition) is 0. The summed E-state index contributed by atoms with van der Waals surface area (Å²) in [6.07, 6.45) is 0. The molecule has 0 N–H and O–H groups in total. The van der Waals surface area contributed by atoms with Crippen LogP contribution in [-0.4, -0.2) is 0 Å². The molecule has 0 spiro atoms. The van der Waals surface area contributed by atoms with E-state index in [1.54, 1.807) is 0 Å². The molecular weight excluding hydrogens is 357 g/mol. The highest BCUT2D eigenvalue weighted by molar-refractivity contribution is 9.10. The van der Waals surface area contributed by atoms with E-state index in [2.05, 4.69) is 15.9 Å². The van der Waals surface area contributed by atoms with Crippen molar-refractivity contribution in [2.24, 2.45) is 0 Å². The summed E-state index contributed by atoms with van der Waals surface area (Å²) in [4.78, 5) is 0. The monoisotopic (exact) mass is 364 g/mol. The third kappa shape index (κ3) is 3.10. The topological polar surface area (TPSA) is 0 Å². The Morgan fingerprint density at radius 2 is 1.68 bits per heavy atom. The van der Waals surface area contributed by atoms with Gasteiger partial charge in [-0.05, 0) is 36.2 Å². The molecule has 0 fully saturated rings. The Bertz CT molecular complexity index is 629. The Kier molecular flexibility index (Phi) is 4.49. The summed E-state index contributed by atoms with van der Waals surface area (Å²) < 4.78 is 27.2. The minimum Gasteiger partial charge on any atom is -0.204 e. The third-order valence-electron chi connectivity index (χ3n) is 2.74. The number of rotatable bonds is 2. The van der Waals surface area contributed by atoms with Crippen LogP contribution in [0.2, 0.25) is 5.02 Å². The molecule has 0 saturated heterocycles. The Hall–Kier alpha value is -0.640. The van der Waals surface area contributed by atoms with Gasteiger partial charge in [0, 0.05) is 9.50 Å². The maximum atomic E-state index is 13.3. The molecule has 100 valence electrons. The van der Waals surface area contributed by atoms with Crippen LogP contribution in [-0.2, 0) is 0 Å². The van der Waals surface area contributed by atoms with Crippen LogP contribution < -0.4 is 0 Å². The number of halogens is 5. The zero-order valence-corrected chi connectivity index (χ0v) is 13.0. The predicted molar refractivity (Wildman–Crippen MR) is 77.9 cm³/mol. The number of benzene rings is 2. The van der Waals surface area contributed by atoms with Crippen LogP contribution in [0, 0.1) is 18.6 Å². The van der Waals surface area contributed by atoms with Crippen LogP contribution in [0.1, 0.15) is 22.1 Å². The summed E-state index contributed by atoms with van der Waals surface area (Å²) in [7, 11) is 0. The van der Waals surface area contributed by atoms with Gasteiger partial charge in [0.25, 0.3) is 0 Å². The van der Waals surface area contributed by atoms with Crippen LogP contribution in [0.5, 0.6) is 0 Å². The molecule has 0 aromatic heterocycles. The van der Waals surface area contributed by atoms with Gasteiger partial charge in [0.1, 0.15) is 0 Å². The SMILES string of the molecule is Cc1ccc(Br)c(C(Cl)c2cc(F)c(F)cc2Cl)c1. The number of alkyl halides is 1. The second kappa shape index (κ2) is 5.78. The number of hydrogen-bond donors (Lipinski definition) is 0. The van der Waals surface area contributed by atoms with Crippen LogP contribution in [0.25, 0.3) is 0 Å². The molecule has 2 rings (SSSR count). The molecule has 2 aromatic rings. The summed E-state index contributed by atoms with van der Waals surface area (Å²) >= 11 is 15.7. The molecule has 5 heteroatoms. The fourth-order valence-corrected chi connectivity index (χ4v) is 3.04. The highest BCUT2D eigenvalue weighted by Crippen LogP contribution is 2.38. The van der Waals surface area contributed by atoms with Gasteiger partial charge in [-0.25, -0.2) is 8.78 Å². The lowest BCUT2D eigenvalue weighted by Crippen LogP contribution is -1.99. The van der Waals surface area contributed by atoms with Gasteiger partial charge < -0.3 is 0 Å². The largest absolute Gasteiger partial charge is 0.204 e. The lowest BCUT2D eigenvalue weighted by atomic mass is 10.0. The normalized spacial score (nSPS) is 12.5. The molecule has 0 aliphatic rings. The second-order valence-electron chi connectivity index (χ2n) is 4.18. The first-order chi connectivity index (χ1) is 8.90. The van der Waals surface area contributed by atoms with Crippen molar-refractivity contribution in [3.8, 4) is 0 Å². The van der Waals surface area contributed by atoms with Crippen molar-refractivity contribution in [2.75, 3.05) is 0 Å². The molecule has 0 saturated carbocycles. The molecule has 1 unspecified atom stereocenters. The maximum absolute atomic E-state index is 13.3. The lowest BCUT2D eigenvalue weighted by Gasteiger charge is -2.15. The van der Waals surface area contributed by atoms with E-state index in [4.69, 9.17) is 23.2 Å². The molecule has 0 aliphatic heterocycles. The van der Waals surface area contributed by atoms with Gasteiger partial charge in [0.05, 0.1) is 5.38 Å². The number of aryl methyl sites for hydroxylation is 1. The van der Waals surface area contributed by atoms with Crippen LogP contribution in [0.3, 0.4) is 0 Å². The highest BCUT2D eigenvalue weighted by Gasteiger charge is 2.19. The summed E-state index contributed by atoms with van der Waals surface area (Å²) in [6.45, 7) is 1.92. The van der Waals surface area contributed by atoms with Gasteiger partial charge in [-0.2, -0.15) is 0 Å². The van der Waals surface area contributed by atoms with E-state index in [0.29, 0.717) is 5.56 Å². The maximum Gasteiger partial charge on any atom is 0.160 e. The van der Waals surface area contributed by atoms with Crippen molar-refractivity contribution in [3.63, 3.8) is 0 Å². The average molecular weight is 366 g/mol. The van der Waals surface area contributed by atoms with Crippen LogP contribution in [0.4, 0.5) is 8.78 Å². The van der Waals surface area contributed by atoms with E-state index >= 15 is 0 Å². The Morgan fingerprint density at radius 3 is 2.37 bits per heavy atom. The van der Waals surface area contributed by atoms with E-state index in [9.17, 15) is 8.78 Å². The minimum absolute atomic E-state index is 0.104. The standard InChI is InChI=1S/C14H9BrCl2F2/c1-7-2-3-10(15)8(4-7)14(17)9-5-12(18)13(19)6-11(9)16/h2-6,14H,1H3. The molecule has 0 bridgehead atoms. The predicted octanol–water partition coefficient (Wildman–Crippen LogP) is 6.02. The van der Waals surface area contributed by atoms with Crippen molar-refractivity contribution in [1.82, 2.24) is 0 Å². The molecule has 0 amide bonds. The Labute approximate surface area is 128 Å². The third-order valence-corrected chi connectivity index (χ3v) is 4.26. The zero-order valence-electron chi connectivity index (χ0n) is 9.85. The van der Waals surface area contributed by atoms with Crippen molar-refractivity contribution in [1.29, 1.82) is 0 Å². The van der Waals surface area contributed by atoms with Crippen LogP contribution in [0.15, 0.2) is 34.8 Å². The first-order valence-corrected chi connectivity index (χ1v) is 7.05. The first kappa shape index (κ1) is 14.8. The van der Waals surface area contributed by atoms with Gasteiger partial charge in [-0.1, -0.05) is 45.2 Å². The molecule has 1 atom stereocenters. The van der Waals surface area contributed by atoms with E-state index in [1.165, 1.54) is 0 Å². The molecule has 19 heavy (non-hydrogen) atoms. The fraction of sp³-hybridized carbons (Fsp3) is 0.143. The highest BCUT2D eigenvalue weighted by atomic mass is 79.9. The Balaban J connectivity index is 2.52. The molecule has 2 aromatic carbocycles. The van der Waals surface area contributed by atoms with E-state index in [-0.39, 0.29) is 5.02 Å². The smallest absolute Gasteiger partial charge is 0.160 e. The molecule has 0 nitrogen and oxygen atoms in total. The Morgan fingerprint density at radius 1 is 1.05 bits per heavy atom. The lowest BCUT2D eigenvalue weighted by molar-refractivity contribution is 0.507. The quantitative estimate of drug-likeness (QED) is 0.451. The van der Waals surface area contributed by atoms with Crippen molar-refractivity contribution in [2.45, 2.75) is 12.3 Å². The van der Waals surface area contributed by atoms with E-state index in [0.717, 1.165) is 27.7 Å². The summed E-state index contributed by atoms with van der Waals surface area (Å²) in [6, 6.07) is 7.62. The van der Waals surface area contributed by atoms with Crippen molar-refractivity contribution in [3.05, 3.63) is 68.2 Å². The van der Waals surface area contributed by atoms with Gasteiger partial charge in [0.2, 0.25) is 0 Å². The first-order valence-electron chi connectivity index (χ1n) is 5.44. The zero-order chi connectivity index (χ0) is 14.2. The second-order valence-corrected chi connectivity index (χ2v) is 5.87. The molecule has 0 aliphatic carbocycles. The van der Waals surface area contributed by atoms with E-state index in [1.807, 2.05) is 25.1 Å². The van der Waals surface area contributed by atoms with Crippen molar-refractivity contribution < 1.29 is 8.78 Å². The fourth-order valence-electron chi connectivity index (χ4n) is 1.76. The van der Waals surface area contributed by atoms with Gasteiger partial charge in [-0.3, -0.25) is 0 Å². The van der Waals surface area contributed by atoms with Gasteiger partial charge in [-0.15, -0.1) is 11.6 Å². The van der Waals surface area contributed by atoms with Crippen LogP contribution >= 0.6 is 39.1 Å². The minimum atomic E-state index is -0.985. The summed E-state index contributed by atoms with van der Waals surface area (Å²) in [5, 5.41) is -0.552. The van der Waals surface area contributed by atoms with E-state index < -0.39 is 17.0 Å². The average Bonchev–Trinajstić information content (AvgIpc) is 2.36. The summed E-state index contributed by atoms with van der Waals surface area (Å²) in [5.74, 6) is -1.95. The van der Waals surface area contributed by atoms with Crippen molar-refractivity contribution >= 4 is 39.1 Å². The summed E-state index contributed by atoms with van der Waals surface area (Å²) in [5.41, 5.74) is 2.12.